The number of methoxy groups -OCH3 is 1. The van der Waals surface area contributed by atoms with Crippen LogP contribution in [0.15, 0.2) is 77.9 Å². The van der Waals surface area contributed by atoms with E-state index >= 15 is 0 Å². The van der Waals surface area contributed by atoms with Crippen molar-refractivity contribution in [2.75, 3.05) is 39.8 Å². The number of hydrazone groups is 1. The Hall–Kier alpha value is -3.39. The van der Waals surface area contributed by atoms with Crippen LogP contribution in [0.5, 0.6) is 11.5 Å². The van der Waals surface area contributed by atoms with E-state index in [0.29, 0.717) is 24.7 Å². The second kappa shape index (κ2) is 13.1. The number of piperazine rings is 1. The Bertz CT molecular complexity index is 1160. The van der Waals surface area contributed by atoms with Crippen LogP contribution in [0.1, 0.15) is 16.7 Å². The normalized spacial score (nSPS) is 14.6. The highest BCUT2D eigenvalue weighted by molar-refractivity contribution is 6.31. The molecule has 7 nitrogen and oxygen atoms in total. The molecule has 0 radical (unpaired) electrons. The lowest BCUT2D eigenvalue weighted by Gasteiger charge is -2.34. The van der Waals surface area contributed by atoms with Crippen molar-refractivity contribution >= 4 is 23.7 Å². The Kier molecular flexibility index (Phi) is 9.33. The molecule has 188 valence electrons. The zero-order chi connectivity index (χ0) is 25.2. The first-order valence-corrected chi connectivity index (χ1v) is 12.3. The highest BCUT2D eigenvalue weighted by Gasteiger charge is 2.19. The number of carbonyl (C=O) groups is 1. The van der Waals surface area contributed by atoms with Crippen LogP contribution in [0, 0.1) is 0 Å². The van der Waals surface area contributed by atoms with E-state index in [9.17, 15) is 4.79 Å². The Labute approximate surface area is 217 Å². The Morgan fingerprint density at radius 1 is 0.972 bits per heavy atom. The SMILES string of the molecule is COc1ccc(/C=N/NC(=O)CN2CCN(Cc3ccccc3Cl)CC2)cc1OCc1ccccc1. The van der Waals surface area contributed by atoms with E-state index < -0.39 is 0 Å². The number of rotatable bonds is 10. The predicted molar refractivity (Wildman–Crippen MR) is 143 cm³/mol. The lowest BCUT2D eigenvalue weighted by atomic mass is 10.2. The smallest absolute Gasteiger partial charge is 0.254 e. The quantitative estimate of drug-likeness (QED) is 0.330. The molecular formula is C28H31ClN4O3. The zero-order valence-corrected chi connectivity index (χ0v) is 21.2. The monoisotopic (exact) mass is 506 g/mol. The molecule has 1 N–H and O–H groups in total. The molecule has 0 aliphatic carbocycles. The van der Waals surface area contributed by atoms with Crippen LogP contribution < -0.4 is 14.9 Å². The fraction of sp³-hybridized carbons (Fsp3) is 0.286. The molecule has 1 saturated heterocycles. The lowest BCUT2D eigenvalue weighted by molar-refractivity contribution is -0.122. The van der Waals surface area contributed by atoms with Crippen molar-refractivity contribution in [1.82, 2.24) is 15.2 Å². The summed E-state index contributed by atoms with van der Waals surface area (Å²) in [6.45, 7) is 4.98. The fourth-order valence-electron chi connectivity index (χ4n) is 4.01. The van der Waals surface area contributed by atoms with Crippen molar-refractivity contribution in [2.45, 2.75) is 13.2 Å². The van der Waals surface area contributed by atoms with Gasteiger partial charge in [0, 0.05) is 37.7 Å². The van der Waals surface area contributed by atoms with E-state index in [-0.39, 0.29) is 5.91 Å². The molecule has 36 heavy (non-hydrogen) atoms. The fourth-order valence-corrected chi connectivity index (χ4v) is 4.21. The number of nitrogens with one attached hydrogen (secondary N) is 1. The van der Waals surface area contributed by atoms with Crippen LogP contribution in [-0.4, -0.2) is 61.8 Å². The number of hydrogen-bond acceptors (Lipinski definition) is 6. The Balaban J connectivity index is 1.23. The van der Waals surface area contributed by atoms with Gasteiger partial charge in [0.15, 0.2) is 11.5 Å². The average molecular weight is 507 g/mol. The van der Waals surface area contributed by atoms with Crippen molar-refractivity contribution < 1.29 is 14.3 Å². The maximum absolute atomic E-state index is 12.4. The van der Waals surface area contributed by atoms with E-state index in [1.807, 2.05) is 66.7 Å². The maximum atomic E-state index is 12.4. The minimum atomic E-state index is -0.139. The molecule has 1 aliphatic heterocycles. The molecule has 1 amide bonds. The topological polar surface area (TPSA) is 66.4 Å². The number of ether oxygens (including phenoxy) is 2. The lowest BCUT2D eigenvalue weighted by Crippen LogP contribution is -2.48. The summed E-state index contributed by atoms with van der Waals surface area (Å²) in [6, 6.07) is 23.4. The molecule has 0 unspecified atom stereocenters. The largest absolute Gasteiger partial charge is 0.493 e. The molecule has 0 atom stereocenters. The first-order valence-electron chi connectivity index (χ1n) is 12.0. The molecule has 0 saturated carbocycles. The molecule has 0 bridgehead atoms. The van der Waals surface area contributed by atoms with E-state index in [1.165, 1.54) is 0 Å². The molecule has 1 heterocycles. The summed E-state index contributed by atoms with van der Waals surface area (Å²) in [5.41, 5.74) is 5.62. The molecular weight excluding hydrogens is 476 g/mol. The number of hydrogen-bond donors (Lipinski definition) is 1. The third-order valence-corrected chi connectivity index (χ3v) is 6.38. The van der Waals surface area contributed by atoms with Crippen molar-refractivity contribution in [1.29, 1.82) is 0 Å². The third-order valence-electron chi connectivity index (χ3n) is 6.01. The summed E-state index contributed by atoms with van der Waals surface area (Å²) < 4.78 is 11.4. The van der Waals surface area contributed by atoms with E-state index in [2.05, 4.69) is 26.4 Å². The number of nitrogens with zero attached hydrogens (tertiary/aromatic N) is 3. The van der Waals surface area contributed by atoms with Crippen LogP contribution >= 0.6 is 11.6 Å². The van der Waals surface area contributed by atoms with Crippen LogP contribution in [0.3, 0.4) is 0 Å². The number of benzene rings is 3. The molecule has 0 spiro atoms. The predicted octanol–water partition coefficient (Wildman–Crippen LogP) is 4.20. The zero-order valence-electron chi connectivity index (χ0n) is 20.4. The van der Waals surface area contributed by atoms with Crippen LogP contribution in [0.4, 0.5) is 0 Å². The van der Waals surface area contributed by atoms with Gasteiger partial charge in [0.25, 0.3) is 5.91 Å². The first kappa shape index (κ1) is 25.7. The maximum Gasteiger partial charge on any atom is 0.254 e. The summed E-state index contributed by atoms with van der Waals surface area (Å²) >= 11 is 6.28. The molecule has 4 rings (SSSR count). The first-order chi connectivity index (χ1) is 17.6. The van der Waals surface area contributed by atoms with Gasteiger partial charge in [-0.15, -0.1) is 0 Å². The summed E-state index contributed by atoms with van der Waals surface area (Å²) in [4.78, 5) is 16.9. The number of amides is 1. The Morgan fingerprint density at radius 3 is 2.44 bits per heavy atom. The summed E-state index contributed by atoms with van der Waals surface area (Å²) in [5.74, 6) is 1.12. The number of halogens is 1. The molecule has 3 aromatic carbocycles. The summed E-state index contributed by atoms with van der Waals surface area (Å²) in [5, 5.41) is 4.93. The third kappa shape index (κ3) is 7.55. The summed E-state index contributed by atoms with van der Waals surface area (Å²) in [6.07, 6.45) is 1.61. The number of carbonyl (C=O) groups excluding carboxylic acids is 1. The molecule has 3 aromatic rings. The Morgan fingerprint density at radius 2 is 1.69 bits per heavy atom. The van der Waals surface area contributed by atoms with Gasteiger partial charge >= 0.3 is 0 Å². The van der Waals surface area contributed by atoms with Gasteiger partial charge in [-0.1, -0.05) is 60.1 Å². The molecule has 0 aromatic heterocycles. The van der Waals surface area contributed by atoms with E-state index in [1.54, 1.807) is 13.3 Å². The van der Waals surface area contributed by atoms with Gasteiger partial charge in [-0.25, -0.2) is 5.43 Å². The van der Waals surface area contributed by atoms with Gasteiger partial charge in [0.1, 0.15) is 6.61 Å². The minimum Gasteiger partial charge on any atom is -0.493 e. The average Bonchev–Trinajstić information content (AvgIpc) is 2.90. The second-order valence-electron chi connectivity index (χ2n) is 8.62. The van der Waals surface area contributed by atoms with Crippen molar-refractivity contribution in [3.8, 4) is 11.5 Å². The summed E-state index contributed by atoms with van der Waals surface area (Å²) in [7, 11) is 1.61. The molecule has 1 fully saturated rings. The van der Waals surface area contributed by atoms with Gasteiger partial charge in [0.05, 0.1) is 19.9 Å². The van der Waals surface area contributed by atoms with Gasteiger partial charge in [-0.05, 0) is 41.0 Å². The van der Waals surface area contributed by atoms with Crippen LogP contribution in [-0.2, 0) is 17.9 Å². The standard InChI is InChI=1S/C28H31ClN4O3/c1-35-26-12-11-23(17-27(26)36-21-22-7-3-2-4-8-22)18-30-31-28(34)20-33-15-13-32(14-16-33)19-24-9-5-6-10-25(24)29/h2-12,17-18H,13-16,19-21H2,1H3,(H,31,34)/b30-18+. The van der Waals surface area contributed by atoms with Gasteiger partial charge in [-0.2, -0.15) is 5.10 Å². The van der Waals surface area contributed by atoms with Crippen molar-refractivity contribution in [2.24, 2.45) is 5.10 Å². The van der Waals surface area contributed by atoms with E-state index in [0.717, 1.165) is 54.4 Å². The van der Waals surface area contributed by atoms with Gasteiger partial charge in [0.2, 0.25) is 0 Å². The molecule has 8 heteroatoms. The van der Waals surface area contributed by atoms with E-state index in [4.69, 9.17) is 21.1 Å². The van der Waals surface area contributed by atoms with Crippen LogP contribution in [0.25, 0.3) is 0 Å². The second-order valence-corrected chi connectivity index (χ2v) is 9.03. The molecule has 1 aliphatic rings. The minimum absolute atomic E-state index is 0.139. The van der Waals surface area contributed by atoms with Crippen molar-refractivity contribution in [3.05, 3.63) is 94.5 Å². The van der Waals surface area contributed by atoms with Gasteiger partial charge < -0.3 is 9.47 Å². The highest BCUT2D eigenvalue weighted by atomic mass is 35.5. The van der Waals surface area contributed by atoms with Crippen molar-refractivity contribution in [3.63, 3.8) is 0 Å². The van der Waals surface area contributed by atoms with Gasteiger partial charge in [-0.3, -0.25) is 14.6 Å². The highest BCUT2D eigenvalue weighted by Crippen LogP contribution is 2.28. The van der Waals surface area contributed by atoms with Crippen LogP contribution in [0.2, 0.25) is 5.02 Å².